The number of alkyl halides is 1. The molecule has 0 unspecified atom stereocenters. The van der Waals surface area contributed by atoms with Crippen LogP contribution in [0.1, 0.15) is 25.5 Å². The predicted molar refractivity (Wildman–Crippen MR) is 68.6 cm³/mol. The van der Waals surface area contributed by atoms with Crippen LogP contribution < -0.4 is 5.32 Å². The molecule has 17 heavy (non-hydrogen) atoms. The molecule has 1 rings (SSSR count). The summed E-state index contributed by atoms with van der Waals surface area (Å²) in [7, 11) is 0. The number of benzene rings is 1. The Morgan fingerprint density at radius 3 is 2.71 bits per heavy atom. The van der Waals surface area contributed by atoms with E-state index in [9.17, 15) is 14.3 Å². The van der Waals surface area contributed by atoms with Gasteiger partial charge in [-0.1, -0.05) is 41.9 Å². The van der Waals surface area contributed by atoms with E-state index < -0.39 is 11.9 Å². The first-order valence-electron chi connectivity index (χ1n) is 5.30. The average molecular weight is 304 g/mol. The zero-order chi connectivity index (χ0) is 13.0. The van der Waals surface area contributed by atoms with Crippen molar-refractivity contribution >= 4 is 27.5 Å². The van der Waals surface area contributed by atoms with Gasteiger partial charge in [-0.25, -0.2) is 4.39 Å². The molecular formula is C12H15BrFNO2. The van der Waals surface area contributed by atoms with Gasteiger partial charge in [0.15, 0.2) is 5.82 Å². The minimum atomic E-state index is -0.925. The number of hydrogen-bond acceptors (Lipinski definition) is 2. The Kier molecular flexibility index (Phi) is 5.08. The second-order valence-electron chi connectivity index (χ2n) is 4.02. The number of anilines is 1. The highest BCUT2D eigenvalue weighted by molar-refractivity contribution is 9.09. The van der Waals surface area contributed by atoms with E-state index >= 15 is 0 Å². The Morgan fingerprint density at radius 1 is 1.53 bits per heavy atom. The smallest absolute Gasteiger partial charge is 0.227 e. The third-order valence-corrected chi connectivity index (χ3v) is 2.93. The Morgan fingerprint density at radius 2 is 2.18 bits per heavy atom. The Balaban J connectivity index is 2.98. The van der Waals surface area contributed by atoms with Crippen LogP contribution in [-0.2, 0) is 4.79 Å². The fourth-order valence-corrected chi connectivity index (χ4v) is 1.61. The van der Waals surface area contributed by atoms with Gasteiger partial charge in [0.1, 0.15) is 0 Å². The molecule has 1 aromatic rings. The first-order valence-corrected chi connectivity index (χ1v) is 6.42. The summed E-state index contributed by atoms with van der Waals surface area (Å²) in [4.78, 5) is 11.5. The van der Waals surface area contributed by atoms with Gasteiger partial charge in [-0.15, -0.1) is 0 Å². The lowest BCUT2D eigenvalue weighted by Gasteiger charge is -2.13. The zero-order valence-corrected chi connectivity index (χ0v) is 11.3. The largest absolute Gasteiger partial charge is 0.387 e. The van der Waals surface area contributed by atoms with Gasteiger partial charge in [-0.3, -0.25) is 4.79 Å². The van der Waals surface area contributed by atoms with Crippen molar-refractivity contribution in [2.45, 2.75) is 20.0 Å². The van der Waals surface area contributed by atoms with Gasteiger partial charge >= 0.3 is 0 Å². The van der Waals surface area contributed by atoms with Crippen molar-refractivity contribution in [3.8, 4) is 0 Å². The molecule has 0 bridgehead atoms. The Hall–Kier alpha value is -0.940. The first kappa shape index (κ1) is 14.1. The summed E-state index contributed by atoms with van der Waals surface area (Å²) in [6.45, 7) is 3.45. The number of hydrogen-bond donors (Lipinski definition) is 2. The van der Waals surface area contributed by atoms with Gasteiger partial charge in [0.05, 0.1) is 11.8 Å². The van der Waals surface area contributed by atoms with Crippen molar-refractivity contribution in [2.24, 2.45) is 5.92 Å². The standard InChI is InChI=1S/C12H15BrFNO2/c1-7(2)12(17)15-9-5-3-4-8(11(9)14)10(16)6-13/h3-5,7,10,16H,6H2,1-2H3,(H,15,17)/t10-/m0/s1. The third-order valence-electron chi connectivity index (χ3n) is 2.32. The normalized spacial score (nSPS) is 12.6. The quantitative estimate of drug-likeness (QED) is 0.840. The summed E-state index contributed by atoms with van der Waals surface area (Å²) >= 11 is 3.08. The van der Waals surface area contributed by atoms with E-state index in [1.165, 1.54) is 12.1 Å². The summed E-state index contributed by atoms with van der Waals surface area (Å²) in [5.74, 6) is -1.07. The maximum absolute atomic E-state index is 13.9. The minimum absolute atomic E-state index is 0.0983. The van der Waals surface area contributed by atoms with Gasteiger partial charge in [0.2, 0.25) is 5.91 Å². The molecule has 5 heteroatoms. The molecule has 0 heterocycles. The summed E-state index contributed by atoms with van der Waals surface area (Å²) in [5, 5.41) is 12.3. The fraction of sp³-hybridized carbons (Fsp3) is 0.417. The van der Waals surface area contributed by atoms with E-state index in [2.05, 4.69) is 21.2 Å². The molecule has 0 spiro atoms. The summed E-state index contributed by atoms with van der Waals surface area (Å²) < 4.78 is 13.9. The molecule has 0 radical (unpaired) electrons. The zero-order valence-electron chi connectivity index (χ0n) is 9.71. The molecule has 2 N–H and O–H groups in total. The number of aliphatic hydroxyl groups is 1. The van der Waals surface area contributed by atoms with Gasteiger partial charge in [0.25, 0.3) is 0 Å². The van der Waals surface area contributed by atoms with Gasteiger partial charge in [-0.05, 0) is 6.07 Å². The molecule has 1 atom stereocenters. The highest BCUT2D eigenvalue weighted by atomic mass is 79.9. The average Bonchev–Trinajstić information content (AvgIpc) is 2.30. The van der Waals surface area contributed by atoms with Crippen molar-refractivity contribution in [1.29, 1.82) is 0 Å². The van der Waals surface area contributed by atoms with Crippen LogP contribution in [0.3, 0.4) is 0 Å². The SMILES string of the molecule is CC(C)C(=O)Nc1cccc([C@@H](O)CBr)c1F. The van der Waals surface area contributed by atoms with Crippen molar-refractivity contribution in [3.05, 3.63) is 29.6 Å². The van der Waals surface area contributed by atoms with Crippen LogP contribution in [0.15, 0.2) is 18.2 Å². The molecule has 0 aliphatic carbocycles. The van der Waals surface area contributed by atoms with E-state index in [0.717, 1.165) is 0 Å². The first-order chi connectivity index (χ1) is 7.97. The van der Waals surface area contributed by atoms with Crippen LogP contribution in [0.25, 0.3) is 0 Å². The molecule has 94 valence electrons. The highest BCUT2D eigenvalue weighted by Crippen LogP contribution is 2.24. The molecule has 0 saturated heterocycles. The van der Waals surface area contributed by atoms with Gasteiger partial charge in [-0.2, -0.15) is 0 Å². The number of carbonyl (C=O) groups excluding carboxylic acids is 1. The summed E-state index contributed by atoms with van der Waals surface area (Å²) in [6.07, 6.45) is -0.925. The minimum Gasteiger partial charge on any atom is -0.387 e. The van der Waals surface area contributed by atoms with Crippen molar-refractivity contribution in [3.63, 3.8) is 0 Å². The second kappa shape index (κ2) is 6.12. The number of rotatable bonds is 4. The highest BCUT2D eigenvalue weighted by Gasteiger charge is 2.16. The van der Waals surface area contributed by atoms with Crippen LogP contribution in [0.4, 0.5) is 10.1 Å². The lowest BCUT2D eigenvalue weighted by atomic mass is 10.1. The number of carbonyl (C=O) groups is 1. The summed E-state index contributed by atoms with van der Waals surface area (Å²) in [6, 6.07) is 4.56. The number of amides is 1. The second-order valence-corrected chi connectivity index (χ2v) is 4.67. The van der Waals surface area contributed by atoms with E-state index in [1.807, 2.05) is 0 Å². The maximum Gasteiger partial charge on any atom is 0.227 e. The number of nitrogens with one attached hydrogen (secondary N) is 1. The molecule has 0 aliphatic rings. The summed E-state index contributed by atoms with van der Waals surface area (Å²) in [5.41, 5.74) is 0.268. The van der Waals surface area contributed by atoms with Crippen LogP contribution in [0, 0.1) is 11.7 Å². The van der Waals surface area contributed by atoms with E-state index in [-0.39, 0.29) is 28.4 Å². The van der Waals surface area contributed by atoms with Crippen LogP contribution in [0.2, 0.25) is 0 Å². The monoisotopic (exact) mass is 303 g/mol. The molecule has 0 aromatic heterocycles. The van der Waals surface area contributed by atoms with E-state index in [4.69, 9.17) is 0 Å². The van der Waals surface area contributed by atoms with Crippen LogP contribution >= 0.6 is 15.9 Å². The van der Waals surface area contributed by atoms with Crippen molar-refractivity contribution in [1.82, 2.24) is 0 Å². The fourth-order valence-electron chi connectivity index (χ4n) is 1.26. The molecular weight excluding hydrogens is 289 g/mol. The van der Waals surface area contributed by atoms with Gasteiger partial charge in [0, 0.05) is 16.8 Å². The Labute approximate surface area is 108 Å². The Bertz CT molecular complexity index is 409. The lowest BCUT2D eigenvalue weighted by Crippen LogP contribution is -2.19. The maximum atomic E-state index is 13.9. The number of aliphatic hydroxyl groups excluding tert-OH is 1. The molecule has 1 aromatic carbocycles. The van der Waals surface area contributed by atoms with Crippen LogP contribution in [0.5, 0.6) is 0 Å². The predicted octanol–water partition coefficient (Wildman–Crippen LogP) is 2.85. The van der Waals surface area contributed by atoms with Gasteiger partial charge < -0.3 is 10.4 Å². The van der Waals surface area contributed by atoms with E-state index in [1.54, 1.807) is 19.9 Å². The molecule has 1 amide bonds. The molecule has 0 fully saturated rings. The molecule has 3 nitrogen and oxygen atoms in total. The third kappa shape index (κ3) is 3.51. The topological polar surface area (TPSA) is 49.3 Å². The number of halogens is 2. The molecule has 0 aliphatic heterocycles. The molecule has 0 saturated carbocycles. The van der Waals surface area contributed by atoms with Crippen molar-refractivity contribution < 1.29 is 14.3 Å². The lowest BCUT2D eigenvalue weighted by molar-refractivity contribution is -0.118. The van der Waals surface area contributed by atoms with Crippen LogP contribution in [-0.4, -0.2) is 16.3 Å². The van der Waals surface area contributed by atoms with Crippen molar-refractivity contribution in [2.75, 3.05) is 10.6 Å². The van der Waals surface area contributed by atoms with E-state index in [0.29, 0.717) is 0 Å².